The molecule has 2 N–H and O–H groups in total. The number of phenols is 1. The van der Waals surface area contributed by atoms with Gasteiger partial charge >= 0.3 is 6.18 Å². The Balaban J connectivity index is 0.00000242. The minimum Gasteiger partial charge on any atom is -0.506 e. The fraction of sp³-hybridized carbons (Fsp3) is 0.571. The fourth-order valence-corrected chi connectivity index (χ4v) is 3.01. The molecule has 1 atom stereocenters. The van der Waals surface area contributed by atoms with Gasteiger partial charge in [0.2, 0.25) is 0 Å². The summed E-state index contributed by atoms with van der Waals surface area (Å²) in [5, 5.41) is 13.3. The quantitative estimate of drug-likeness (QED) is 0.734. The zero-order valence-corrected chi connectivity index (χ0v) is 15.5. The van der Waals surface area contributed by atoms with Crippen LogP contribution in [0.3, 0.4) is 0 Å². The van der Waals surface area contributed by atoms with E-state index in [0.29, 0.717) is 23.1 Å². The van der Waals surface area contributed by atoms with Gasteiger partial charge < -0.3 is 10.4 Å². The van der Waals surface area contributed by atoms with Gasteiger partial charge in [-0.2, -0.15) is 13.2 Å². The molecule has 3 nitrogen and oxygen atoms in total. The van der Waals surface area contributed by atoms with E-state index in [0.717, 1.165) is 13.1 Å². The van der Waals surface area contributed by atoms with Crippen LogP contribution in [0.4, 0.5) is 13.2 Å². The van der Waals surface area contributed by atoms with Crippen LogP contribution in [0.25, 0.3) is 0 Å². The molecular formula is C14H20BrCl2F3N2O. The van der Waals surface area contributed by atoms with E-state index in [1.54, 1.807) is 18.2 Å². The molecule has 0 amide bonds. The molecule has 0 bridgehead atoms. The third-order valence-corrected chi connectivity index (χ3v) is 4.31. The minimum absolute atomic E-state index is 0. The van der Waals surface area contributed by atoms with Crippen LogP contribution in [0.1, 0.15) is 24.4 Å². The Labute approximate surface area is 154 Å². The van der Waals surface area contributed by atoms with Crippen molar-refractivity contribution in [1.82, 2.24) is 10.2 Å². The van der Waals surface area contributed by atoms with Crippen LogP contribution in [0.5, 0.6) is 5.75 Å². The lowest BCUT2D eigenvalue weighted by atomic mass is 9.98. The highest BCUT2D eigenvalue weighted by Gasteiger charge is 2.32. The average molecular weight is 440 g/mol. The van der Waals surface area contributed by atoms with Crippen LogP contribution in [-0.4, -0.2) is 42.4 Å². The van der Waals surface area contributed by atoms with Crippen molar-refractivity contribution in [3.05, 3.63) is 28.2 Å². The smallest absolute Gasteiger partial charge is 0.389 e. The number of benzene rings is 1. The van der Waals surface area contributed by atoms with Gasteiger partial charge in [-0.05, 0) is 28.4 Å². The zero-order valence-electron chi connectivity index (χ0n) is 12.3. The van der Waals surface area contributed by atoms with E-state index in [2.05, 4.69) is 21.2 Å². The van der Waals surface area contributed by atoms with Crippen LogP contribution in [-0.2, 0) is 0 Å². The standard InChI is InChI=1S/C14H18BrF3N2O.2ClH/c15-11-3-1-2-10(13(11)21)12(4-5-14(16,17)18)20-8-6-19-7-9-20;;/h1-3,12,19,21H,4-9H2;2*1H/t12-;;/m1../s1. The van der Waals surface area contributed by atoms with Gasteiger partial charge in [0.25, 0.3) is 0 Å². The SMILES string of the molecule is Cl.Cl.Oc1c(Br)cccc1[C@@H](CCC(F)(F)F)N1CCNCC1. The summed E-state index contributed by atoms with van der Waals surface area (Å²) in [6.45, 7) is 2.84. The summed E-state index contributed by atoms with van der Waals surface area (Å²) < 4.78 is 38.2. The number of alkyl halides is 3. The maximum Gasteiger partial charge on any atom is 0.389 e. The molecule has 2 rings (SSSR count). The van der Waals surface area contributed by atoms with Gasteiger partial charge in [0, 0.05) is 44.2 Å². The van der Waals surface area contributed by atoms with Crippen molar-refractivity contribution >= 4 is 40.7 Å². The number of aromatic hydroxyl groups is 1. The first kappa shape index (κ1) is 22.8. The maximum atomic E-state index is 12.6. The molecular weight excluding hydrogens is 420 g/mol. The third-order valence-electron chi connectivity index (χ3n) is 3.67. The lowest BCUT2D eigenvalue weighted by molar-refractivity contribution is -0.138. The van der Waals surface area contributed by atoms with E-state index in [1.807, 2.05) is 4.90 Å². The van der Waals surface area contributed by atoms with Gasteiger partial charge in [-0.3, -0.25) is 4.90 Å². The van der Waals surface area contributed by atoms with Crippen molar-refractivity contribution in [2.24, 2.45) is 0 Å². The van der Waals surface area contributed by atoms with E-state index in [9.17, 15) is 18.3 Å². The molecule has 0 aliphatic carbocycles. The van der Waals surface area contributed by atoms with E-state index in [-0.39, 0.29) is 37.0 Å². The van der Waals surface area contributed by atoms with Gasteiger partial charge in [0.1, 0.15) is 5.75 Å². The summed E-state index contributed by atoms with van der Waals surface area (Å²) in [6, 6.07) is 4.69. The summed E-state index contributed by atoms with van der Waals surface area (Å²) >= 11 is 3.23. The first-order valence-electron chi connectivity index (χ1n) is 6.87. The monoisotopic (exact) mass is 438 g/mol. The Morgan fingerprint density at radius 1 is 1.22 bits per heavy atom. The predicted octanol–water partition coefficient (Wildman–Crippen LogP) is 4.29. The Bertz CT molecular complexity index is 486. The van der Waals surface area contributed by atoms with E-state index in [1.165, 1.54) is 0 Å². The highest BCUT2D eigenvalue weighted by Crippen LogP contribution is 2.38. The molecule has 0 unspecified atom stereocenters. The lowest BCUT2D eigenvalue weighted by Crippen LogP contribution is -2.45. The first-order chi connectivity index (χ1) is 9.88. The zero-order chi connectivity index (χ0) is 15.5. The van der Waals surface area contributed by atoms with E-state index < -0.39 is 18.6 Å². The Hall–Kier alpha value is -0.210. The number of para-hydroxylation sites is 1. The molecule has 0 spiro atoms. The van der Waals surface area contributed by atoms with Crippen molar-refractivity contribution in [2.75, 3.05) is 26.2 Å². The molecule has 1 aromatic rings. The van der Waals surface area contributed by atoms with Crippen molar-refractivity contribution in [1.29, 1.82) is 0 Å². The highest BCUT2D eigenvalue weighted by atomic mass is 79.9. The molecule has 1 heterocycles. The number of phenolic OH excluding ortho intramolecular Hbond substituents is 1. The number of hydrogen-bond donors (Lipinski definition) is 2. The number of nitrogens with one attached hydrogen (secondary N) is 1. The summed E-state index contributed by atoms with van der Waals surface area (Å²) in [6.07, 6.45) is -5.09. The fourth-order valence-electron chi connectivity index (χ4n) is 2.63. The molecule has 0 saturated carbocycles. The third kappa shape index (κ3) is 6.66. The maximum absolute atomic E-state index is 12.6. The summed E-state index contributed by atoms with van der Waals surface area (Å²) in [4.78, 5) is 2.00. The van der Waals surface area contributed by atoms with Crippen LogP contribution < -0.4 is 5.32 Å². The minimum atomic E-state index is -4.19. The summed E-state index contributed by atoms with van der Waals surface area (Å²) in [5.74, 6) is 0.0307. The molecule has 134 valence electrons. The van der Waals surface area contributed by atoms with Crippen molar-refractivity contribution in [3.63, 3.8) is 0 Å². The molecule has 1 aliphatic heterocycles. The largest absolute Gasteiger partial charge is 0.506 e. The normalized spacial score (nSPS) is 17.0. The molecule has 1 aliphatic rings. The van der Waals surface area contributed by atoms with Crippen LogP contribution in [0.2, 0.25) is 0 Å². The topological polar surface area (TPSA) is 35.5 Å². The van der Waals surface area contributed by atoms with E-state index >= 15 is 0 Å². The molecule has 1 fully saturated rings. The van der Waals surface area contributed by atoms with Gasteiger partial charge in [-0.15, -0.1) is 24.8 Å². The average Bonchev–Trinajstić information content (AvgIpc) is 2.43. The molecule has 9 heteroatoms. The number of hydrogen-bond acceptors (Lipinski definition) is 3. The Morgan fingerprint density at radius 3 is 2.39 bits per heavy atom. The van der Waals surface area contributed by atoms with Crippen molar-refractivity contribution < 1.29 is 18.3 Å². The first-order valence-corrected chi connectivity index (χ1v) is 7.66. The highest BCUT2D eigenvalue weighted by molar-refractivity contribution is 9.10. The van der Waals surface area contributed by atoms with Crippen LogP contribution in [0, 0.1) is 0 Å². The van der Waals surface area contributed by atoms with Gasteiger partial charge in [0.05, 0.1) is 4.47 Å². The van der Waals surface area contributed by atoms with Gasteiger partial charge in [0.15, 0.2) is 0 Å². The number of piperazine rings is 1. The number of rotatable bonds is 4. The Morgan fingerprint density at radius 2 is 1.83 bits per heavy atom. The molecule has 0 aromatic heterocycles. The van der Waals surface area contributed by atoms with Gasteiger partial charge in [-0.1, -0.05) is 12.1 Å². The molecule has 1 saturated heterocycles. The summed E-state index contributed by atoms with van der Waals surface area (Å²) in [5.41, 5.74) is 0.551. The number of nitrogens with zero attached hydrogens (tertiary/aromatic N) is 1. The van der Waals surface area contributed by atoms with E-state index in [4.69, 9.17) is 0 Å². The Kier molecular flexibility index (Phi) is 9.84. The van der Waals surface area contributed by atoms with Crippen LogP contribution >= 0.6 is 40.7 Å². The second-order valence-electron chi connectivity index (χ2n) is 5.13. The van der Waals surface area contributed by atoms with Crippen LogP contribution in [0.15, 0.2) is 22.7 Å². The molecule has 0 radical (unpaired) electrons. The van der Waals surface area contributed by atoms with Gasteiger partial charge in [-0.25, -0.2) is 0 Å². The lowest BCUT2D eigenvalue weighted by Gasteiger charge is -2.35. The number of halogens is 6. The summed E-state index contributed by atoms with van der Waals surface area (Å²) in [7, 11) is 0. The van der Waals surface area contributed by atoms with Crippen molar-refractivity contribution in [2.45, 2.75) is 25.1 Å². The molecule has 1 aromatic carbocycles. The molecule has 23 heavy (non-hydrogen) atoms. The van der Waals surface area contributed by atoms with Crippen molar-refractivity contribution in [3.8, 4) is 5.75 Å². The second kappa shape index (κ2) is 9.93. The predicted molar refractivity (Wildman–Crippen MR) is 92.8 cm³/mol. The second-order valence-corrected chi connectivity index (χ2v) is 5.99.